The van der Waals surface area contributed by atoms with Crippen molar-refractivity contribution in [2.75, 3.05) is 104 Å². The molecule has 2 amide bonds. The normalized spacial score (nSPS) is 29.2. The Morgan fingerprint density at radius 2 is 1.02 bits per heavy atom. The third kappa shape index (κ3) is 18.2. The molecule has 2 aliphatic carbocycles. The molecule has 4 aromatic rings. The van der Waals surface area contributed by atoms with E-state index >= 15 is 4.79 Å². The number of likely N-dealkylation sites (N-methyl/N-ethyl adjacent to an activating group) is 2. The van der Waals surface area contributed by atoms with Crippen LogP contribution >= 0.6 is 0 Å². The number of carbonyl (C=O) groups is 5. The van der Waals surface area contributed by atoms with E-state index in [4.69, 9.17) is 152 Å². The number of anilines is 2. The molecule has 0 radical (unpaired) electrons. The van der Waals surface area contributed by atoms with Crippen LogP contribution in [0.25, 0.3) is 10.9 Å². The van der Waals surface area contributed by atoms with Gasteiger partial charge in [-0.3, -0.25) is 33.8 Å². The summed E-state index contributed by atoms with van der Waals surface area (Å²) >= 11 is 0. The van der Waals surface area contributed by atoms with Crippen molar-refractivity contribution in [1.29, 1.82) is 0 Å². The van der Waals surface area contributed by atoms with Crippen LogP contribution in [0.15, 0.2) is 90.6 Å². The minimum absolute atomic E-state index is 0. The van der Waals surface area contributed by atoms with Crippen LogP contribution in [0.3, 0.4) is 0 Å². The first-order valence-corrected chi connectivity index (χ1v) is 34.8. The highest BCUT2D eigenvalue weighted by Crippen LogP contribution is 2.71. The number of rotatable bonds is 9. The Hall–Kier alpha value is -9.44. The second-order valence-corrected chi connectivity index (χ2v) is 28.0. The summed E-state index contributed by atoms with van der Waals surface area (Å²) in [5, 5.41) is 7.03. The molecule has 2 bridgehead atoms. The topological polar surface area (TPSA) is 206 Å². The number of halogens is 27. The fourth-order valence-corrected chi connectivity index (χ4v) is 21.7. The van der Waals surface area contributed by atoms with Crippen LogP contribution in [0.4, 0.5) is 145 Å². The van der Waals surface area contributed by atoms with Crippen molar-refractivity contribution in [2.45, 2.75) is 151 Å². The van der Waals surface area contributed by atoms with Gasteiger partial charge in [0.1, 0.15) is 16.9 Å². The maximum Gasteiger partial charge on any atom is 0.408 e. The minimum atomic E-state index is -1.27. The molecule has 16 rings (SSSR count). The van der Waals surface area contributed by atoms with Gasteiger partial charge in [-0.25, -0.2) is 9.59 Å². The average Bonchev–Trinajstić information content (AvgIpc) is 1.51. The number of nitrogens with zero attached hydrogens (tertiary/aromatic N) is 5. The van der Waals surface area contributed by atoms with E-state index < -0.39 is 69.3 Å². The number of hydrogen-bond acceptors (Lipinski definition) is 17. The molecule has 47 heteroatoms. The molecule has 119 heavy (non-hydrogen) atoms. The quantitative estimate of drug-likeness (QED) is 0.0616. The zero-order valence-electron chi connectivity index (χ0n) is 64.3. The molecule has 4 saturated heterocycles. The van der Waals surface area contributed by atoms with Gasteiger partial charge in [0, 0.05) is 259 Å². The number of H-pyrrole nitrogens is 1. The maximum atomic E-state index is 15.3. The van der Waals surface area contributed by atoms with Crippen LogP contribution in [0.5, 0.6) is 11.5 Å². The van der Waals surface area contributed by atoms with Crippen LogP contribution in [0.1, 0.15) is 109 Å². The van der Waals surface area contributed by atoms with E-state index in [1.54, 1.807) is 14.2 Å². The SMILES string of the molecule is C.CCC1=C[C@@H]2CN(CCc3c([nH]c4ccccc34)[C@@](C(=O)OC)(c3cc4c(cc3OC)N(C)[C@H]3[C@@]5(CNC(=O)O5)[C@H](OC(C)=O)[C@]5(CC)C=CCN6CC[C@]43[C@@H]65)C2)C1.CC[C@]12C=CCN3CC[C@@]4(c5ccc(OC)cc5N(C)[C@H]4[C@@]4(CNC(=O)O4)[C@@H]1OC(C)=O)[C@@H]32.F.FF.FF.FF.FF.FF.FF.FF.FF.FF.FF.FF.FF.FF. The van der Waals surface area contributed by atoms with Crippen molar-refractivity contribution in [2.24, 2.45) is 16.7 Å². The predicted molar refractivity (Wildman–Crippen MR) is 379 cm³/mol. The molecule has 4 spiro atoms. The first kappa shape index (κ1) is 110. The number of benzene rings is 3. The molecule has 2 saturated carbocycles. The Morgan fingerprint density at radius 1 is 0.563 bits per heavy atom. The second kappa shape index (κ2) is 49.3. The lowest BCUT2D eigenvalue weighted by molar-refractivity contribution is -0.207. The summed E-state index contributed by atoms with van der Waals surface area (Å²) in [7, 11) is 8.99. The Kier molecular flexibility index (Phi) is 45.4. The van der Waals surface area contributed by atoms with Crippen molar-refractivity contribution >= 4 is 52.4 Å². The molecule has 15 atom stereocenters. The van der Waals surface area contributed by atoms with Gasteiger partial charge in [0.15, 0.2) is 23.4 Å². The molecule has 6 fully saturated rings. The first-order chi connectivity index (χ1) is 56.8. The number of carbonyl (C=O) groups excluding carboxylic acids is 5. The van der Waals surface area contributed by atoms with E-state index in [9.17, 15) is 19.2 Å². The van der Waals surface area contributed by atoms with E-state index in [1.165, 1.54) is 32.1 Å². The molecule has 1 aromatic heterocycles. The highest BCUT2D eigenvalue weighted by Gasteiger charge is 2.82. The number of para-hydroxylation sites is 1. The predicted octanol–water partition coefficient (Wildman–Crippen LogP) is 19.3. The number of amides is 2. The number of ether oxygens (including phenoxy) is 7. The van der Waals surface area contributed by atoms with Crippen LogP contribution in [-0.2, 0) is 60.7 Å². The Balaban J connectivity index is 0.00000195. The first-order valence-electron chi connectivity index (χ1n) is 34.8. The molecule has 680 valence electrons. The van der Waals surface area contributed by atoms with E-state index in [0.29, 0.717) is 25.1 Å². The molecule has 10 aliphatic heterocycles. The smallest absolute Gasteiger partial charge is 0.408 e. The van der Waals surface area contributed by atoms with Gasteiger partial charge in [-0.2, -0.15) is 0 Å². The molecule has 20 nitrogen and oxygen atoms in total. The standard InChI is InChI=1S/C46H55N5O7.C25H31N3O5.CH4.13F2.FH/c1-7-28-20-29-23-45(41(53)56-6,37-31(14-18-50(24-28)25-29)30-12-9-10-13-34(30)48-37)33-21-32-35(22-36(33)55-5)49(4)39-44(32)16-19-51-17-11-15-43(8-2,38(44)51)40(57-27(3)52)46(39)26-47-42(54)58-46;1-5-23-9-6-11-28-12-10-24(19(23)28)17-8-7-16(31-4)13-18(17)27(3)20(24)25(14-26-22(30)33-25)21(23)32-15(2)29;;13*1-2;/h9-13,15,20-22,29,38-40,48H,7-8,14,16-19,23-26H2,1-6H3,(H,47,54);6-9,13,19-21H,5,10-12,14H2,1-4H3,(H,26,30);1H4;;;;;;;;;;;;;;1H/t29-,38-,39+,40+,43+,44+,45-,46-;19-,20+,21+,23+,24+,25-;;;;;;;;;;;;;;;/m00.............../s1. The zero-order chi connectivity index (χ0) is 89.5. The van der Waals surface area contributed by atoms with Crippen molar-refractivity contribution in [3.63, 3.8) is 0 Å². The van der Waals surface area contributed by atoms with E-state index in [0.717, 1.165) is 128 Å². The number of fused-ring (bicyclic) bond motifs is 9. The maximum absolute atomic E-state index is 15.3. The summed E-state index contributed by atoms with van der Waals surface area (Å²) in [4.78, 5) is 82.9. The van der Waals surface area contributed by atoms with Crippen molar-refractivity contribution in [3.05, 3.63) is 118 Å². The number of aromatic nitrogens is 1. The number of hydrogen-bond donors (Lipinski definition) is 3. The van der Waals surface area contributed by atoms with Gasteiger partial charge < -0.3 is 58.6 Å². The van der Waals surface area contributed by atoms with Crippen molar-refractivity contribution < 1.29 is 181 Å². The van der Waals surface area contributed by atoms with E-state index in [2.05, 4.69) is 148 Å². The van der Waals surface area contributed by atoms with Gasteiger partial charge in [-0.15, -0.1) is 0 Å². The third-order valence-corrected chi connectivity index (χ3v) is 24.4. The lowest BCUT2D eigenvalue weighted by Gasteiger charge is -2.64. The lowest BCUT2D eigenvalue weighted by Crippen LogP contribution is -2.80. The molecule has 3 N–H and O–H groups in total. The Labute approximate surface area is 663 Å². The molecule has 12 aliphatic rings. The van der Waals surface area contributed by atoms with Gasteiger partial charge >= 0.3 is 30.1 Å². The minimum Gasteiger partial charge on any atom is -0.497 e. The molecule has 11 heterocycles. The highest BCUT2D eigenvalue weighted by atomic mass is 20.0. The summed E-state index contributed by atoms with van der Waals surface area (Å²) in [6.45, 7) is 15.9. The number of aromatic amines is 1. The van der Waals surface area contributed by atoms with Crippen LogP contribution in [0, 0.1) is 16.7 Å². The summed E-state index contributed by atoms with van der Waals surface area (Å²) < 4.78 is 251. The summed E-state index contributed by atoms with van der Waals surface area (Å²) in [6, 6.07) is 18.5. The lowest BCUT2D eigenvalue weighted by atomic mass is 9.47. The average molecular weight is 1770 g/mol. The fourth-order valence-electron chi connectivity index (χ4n) is 21.7. The number of methoxy groups -OCH3 is 3. The van der Waals surface area contributed by atoms with E-state index in [1.807, 2.05) is 12.1 Å². The van der Waals surface area contributed by atoms with Gasteiger partial charge in [-0.05, 0) is 98.8 Å². The van der Waals surface area contributed by atoms with Gasteiger partial charge in [0.05, 0.1) is 46.5 Å². The van der Waals surface area contributed by atoms with Gasteiger partial charge in [-0.1, -0.05) is 88.4 Å². The fraction of sp³-hybridized carbons (Fsp3) is 0.569. The number of esters is 3. The molecule has 3 aromatic carbocycles. The number of alkyl carbamates (subject to hydrolysis) is 2. The molecule has 1 unspecified atom stereocenters. The monoisotopic (exact) mass is 1770 g/mol. The Morgan fingerprint density at radius 3 is 1.43 bits per heavy atom. The second-order valence-electron chi connectivity index (χ2n) is 28.0. The van der Waals surface area contributed by atoms with Crippen molar-refractivity contribution in [1.82, 2.24) is 30.3 Å². The van der Waals surface area contributed by atoms with Crippen LogP contribution in [0.2, 0.25) is 0 Å². The highest BCUT2D eigenvalue weighted by molar-refractivity contribution is 5.94. The molecular weight excluding hydrogens is 1680 g/mol. The van der Waals surface area contributed by atoms with Gasteiger partial charge in [0.2, 0.25) is 0 Å². The summed E-state index contributed by atoms with van der Waals surface area (Å²) in [5.41, 5.74) is 3.99. The summed E-state index contributed by atoms with van der Waals surface area (Å²) in [5.74, 6) is 0.360. The van der Waals surface area contributed by atoms with Gasteiger partial charge in [0.25, 0.3) is 0 Å². The Bertz CT molecular complexity index is 3920. The van der Waals surface area contributed by atoms with Crippen LogP contribution < -0.4 is 29.9 Å². The van der Waals surface area contributed by atoms with Crippen LogP contribution in [-0.4, -0.2) is 192 Å². The third-order valence-electron chi connectivity index (χ3n) is 24.4. The zero-order valence-corrected chi connectivity index (χ0v) is 64.3. The molecular formula is C72H91F27N8O12. The van der Waals surface area contributed by atoms with Crippen molar-refractivity contribution in [3.8, 4) is 11.5 Å². The largest absolute Gasteiger partial charge is 0.497 e. The van der Waals surface area contributed by atoms with E-state index in [-0.39, 0.29) is 60.1 Å². The summed E-state index contributed by atoms with van der Waals surface area (Å²) in [6.07, 6.45) is 14.3. The number of nitrogens with one attached hydrogen (secondary N) is 3.